The topological polar surface area (TPSA) is 29.9 Å². The third-order valence-corrected chi connectivity index (χ3v) is 3.91. The van der Waals surface area contributed by atoms with Crippen molar-refractivity contribution in [3.8, 4) is 0 Å². The molecule has 2 heterocycles. The summed E-state index contributed by atoms with van der Waals surface area (Å²) in [6.07, 6.45) is 6.45. The van der Waals surface area contributed by atoms with Gasteiger partial charge in [-0.3, -0.25) is 0 Å². The fourth-order valence-corrected chi connectivity index (χ4v) is 3.07. The van der Waals surface area contributed by atoms with Crippen LogP contribution < -0.4 is 5.32 Å². The van der Waals surface area contributed by atoms with Crippen molar-refractivity contribution >= 4 is 11.8 Å². The number of hydrogen-bond acceptors (Lipinski definition) is 3. The lowest BCUT2D eigenvalue weighted by Crippen LogP contribution is -2.29. The van der Waals surface area contributed by atoms with Gasteiger partial charge in [-0.05, 0) is 18.6 Å². The van der Waals surface area contributed by atoms with E-state index in [-0.39, 0.29) is 0 Å². The number of nitrogens with zero attached hydrogens (tertiary/aromatic N) is 2. The van der Waals surface area contributed by atoms with Crippen molar-refractivity contribution in [1.29, 1.82) is 0 Å². The van der Waals surface area contributed by atoms with Gasteiger partial charge in [-0.1, -0.05) is 6.92 Å². The lowest BCUT2D eigenvalue weighted by molar-refractivity contribution is 0.522. The zero-order valence-corrected chi connectivity index (χ0v) is 10.1. The summed E-state index contributed by atoms with van der Waals surface area (Å²) in [5.41, 5.74) is 0. The van der Waals surface area contributed by atoms with Crippen LogP contribution in [0.25, 0.3) is 0 Å². The smallest absolute Gasteiger partial charge is 0.122 e. The van der Waals surface area contributed by atoms with Gasteiger partial charge in [0.15, 0.2) is 0 Å². The van der Waals surface area contributed by atoms with E-state index >= 15 is 0 Å². The summed E-state index contributed by atoms with van der Waals surface area (Å²) in [5.74, 6) is 3.74. The van der Waals surface area contributed by atoms with E-state index in [0.717, 1.165) is 13.1 Å². The van der Waals surface area contributed by atoms with Crippen molar-refractivity contribution in [2.24, 2.45) is 0 Å². The molecule has 1 fully saturated rings. The second-order valence-electron chi connectivity index (χ2n) is 3.98. The molecule has 15 heavy (non-hydrogen) atoms. The van der Waals surface area contributed by atoms with Crippen LogP contribution in [0.4, 0.5) is 0 Å². The van der Waals surface area contributed by atoms with Crippen molar-refractivity contribution in [2.75, 3.05) is 11.5 Å². The highest BCUT2D eigenvalue weighted by molar-refractivity contribution is 7.99. The molecule has 1 aromatic heterocycles. The highest BCUT2D eigenvalue weighted by Gasteiger charge is 2.15. The van der Waals surface area contributed by atoms with Crippen molar-refractivity contribution in [1.82, 2.24) is 14.9 Å². The molecular weight excluding hydrogens is 206 g/mol. The minimum absolute atomic E-state index is 0.696. The van der Waals surface area contributed by atoms with Crippen LogP contribution in [-0.4, -0.2) is 27.1 Å². The maximum atomic E-state index is 4.39. The second kappa shape index (κ2) is 5.56. The number of aryl methyl sites for hydroxylation is 1. The molecule has 3 nitrogen and oxygen atoms in total. The number of nitrogens with one attached hydrogen (secondary N) is 1. The number of rotatable bonds is 5. The average Bonchev–Trinajstić information content (AvgIpc) is 2.85. The molecular formula is C11H19N3S. The van der Waals surface area contributed by atoms with Gasteiger partial charge in [0.05, 0.1) is 6.54 Å². The first-order valence-electron chi connectivity index (χ1n) is 5.71. The van der Waals surface area contributed by atoms with Crippen molar-refractivity contribution in [2.45, 2.75) is 38.9 Å². The molecule has 0 radical (unpaired) electrons. The van der Waals surface area contributed by atoms with Crippen LogP contribution in [0.15, 0.2) is 12.4 Å². The molecule has 0 bridgehead atoms. The minimum atomic E-state index is 0.696. The van der Waals surface area contributed by atoms with Crippen LogP contribution >= 0.6 is 11.8 Å². The Balaban J connectivity index is 1.83. The van der Waals surface area contributed by atoms with E-state index in [1.54, 1.807) is 0 Å². The monoisotopic (exact) mass is 225 g/mol. The SMILES string of the molecule is CCCn1ccnc1CNC1CCSC1. The number of thioether (sulfide) groups is 1. The van der Waals surface area contributed by atoms with E-state index in [1.165, 1.54) is 30.2 Å². The molecule has 1 atom stereocenters. The standard InChI is InChI=1S/C11H19N3S/c1-2-5-14-6-4-12-11(14)8-13-10-3-7-15-9-10/h4,6,10,13H,2-3,5,7-9H2,1H3. The van der Waals surface area contributed by atoms with Crippen molar-refractivity contribution < 1.29 is 0 Å². The molecule has 1 saturated heterocycles. The highest BCUT2D eigenvalue weighted by Crippen LogP contribution is 2.17. The predicted octanol–water partition coefficient (Wildman–Crippen LogP) is 1.89. The Hall–Kier alpha value is -0.480. The predicted molar refractivity (Wildman–Crippen MR) is 65.1 cm³/mol. The number of hydrogen-bond donors (Lipinski definition) is 1. The first-order valence-corrected chi connectivity index (χ1v) is 6.86. The van der Waals surface area contributed by atoms with E-state index in [9.17, 15) is 0 Å². The van der Waals surface area contributed by atoms with E-state index in [2.05, 4.69) is 28.0 Å². The number of imidazole rings is 1. The Labute approximate surface area is 95.7 Å². The maximum Gasteiger partial charge on any atom is 0.122 e. The lowest BCUT2D eigenvalue weighted by atomic mass is 10.2. The fraction of sp³-hybridized carbons (Fsp3) is 0.727. The van der Waals surface area contributed by atoms with Crippen LogP contribution in [-0.2, 0) is 13.1 Å². The maximum absolute atomic E-state index is 4.39. The van der Waals surface area contributed by atoms with Gasteiger partial charge < -0.3 is 9.88 Å². The lowest BCUT2D eigenvalue weighted by Gasteiger charge is -2.11. The van der Waals surface area contributed by atoms with Crippen LogP contribution in [0.3, 0.4) is 0 Å². The molecule has 0 saturated carbocycles. The molecule has 84 valence electrons. The van der Waals surface area contributed by atoms with Crippen LogP contribution in [0.1, 0.15) is 25.6 Å². The summed E-state index contributed by atoms with van der Waals surface area (Å²) in [6.45, 7) is 4.19. The van der Waals surface area contributed by atoms with Gasteiger partial charge in [-0.25, -0.2) is 4.98 Å². The van der Waals surface area contributed by atoms with Gasteiger partial charge >= 0.3 is 0 Å². The van der Waals surface area contributed by atoms with E-state index in [1.807, 2.05) is 18.0 Å². The summed E-state index contributed by atoms with van der Waals surface area (Å²) in [7, 11) is 0. The van der Waals surface area contributed by atoms with Crippen LogP contribution in [0.2, 0.25) is 0 Å². The quantitative estimate of drug-likeness (QED) is 0.830. The molecule has 4 heteroatoms. The molecule has 0 aromatic carbocycles. The molecule has 1 aromatic rings. The first kappa shape index (κ1) is 11.0. The van der Waals surface area contributed by atoms with Gasteiger partial charge in [0.1, 0.15) is 5.82 Å². The minimum Gasteiger partial charge on any atom is -0.334 e. The Morgan fingerprint density at radius 1 is 1.67 bits per heavy atom. The third-order valence-electron chi connectivity index (χ3n) is 2.74. The second-order valence-corrected chi connectivity index (χ2v) is 5.13. The average molecular weight is 225 g/mol. The highest BCUT2D eigenvalue weighted by atomic mass is 32.2. The van der Waals surface area contributed by atoms with Crippen LogP contribution in [0.5, 0.6) is 0 Å². The van der Waals surface area contributed by atoms with E-state index < -0.39 is 0 Å². The van der Waals surface area contributed by atoms with E-state index in [0.29, 0.717) is 6.04 Å². The van der Waals surface area contributed by atoms with Crippen LogP contribution in [0, 0.1) is 0 Å². The third kappa shape index (κ3) is 2.98. The van der Waals surface area contributed by atoms with Gasteiger partial charge in [0, 0.05) is 30.7 Å². The van der Waals surface area contributed by atoms with Crippen molar-refractivity contribution in [3.63, 3.8) is 0 Å². The molecule has 1 N–H and O–H groups in total. The zero-order chi connectivity index (χ0) is 10.5. The molecule has 0 spiro atoms. The molecule has 0 amide bonds. The summed E-state index contributed by atoms with van der Waals surface area (Å²) in [6, 6.07) is 0.696. The van der Waals surface area contributed by atoms with E-state index in [4.69, 9.17) is 0 Å². The molecule has 1 aliphatic rings. The van der Waals surface area contributed by atoms with Gasteiger partial charge in [-0.2, -0.15) is 11.8 Å². The Bertz CT molecular complexity index is 292. The summed E-state index contributed by atoms with van der Waals surface area (Å²) < 4.78 is 2.25. The van der Waals surface area contributed by atoms with Gasteiger partial charge in [0.25, 0.3) is 0 Å². The van der Waals surface area contributed by atoms with Gasteiger partial charge in [-0.15, -0.1) is 0 Å². The summed E-state index contributed by atoms with van der Waals surface area (Å²) in [4.78, 5) is 4.39. The first-order chi connectivity index (χ1) is 7.40. The number of aromatic nitrogens is 2. The Kier molecular flexibility index (Phi) is 4.09. The summed E-state index contributed by atoms with van der Waals surface area (Å²) >= 11 is 2.04. The summed E-state index contributed by atoms with van der Waals surface area (Å²) in [5, 5.41) is 3.58. The van der Waals surface area contributed by atoms with Crippen molar-refractivity contribution in [3.05, 3.63) is 18.2 Å². The van der Waals surface area contributed by atoms with Gasteiger partial charge in [0.2, 0.25) is 0 Å². The molecule has 1 aliphatic heterocycles. The largest absolute Gasteiger partial charge is 0.334 e. The molecule has 0 aliphatic carbocycles. The normalized spacial score (nSPS) is 21.0. The molecule has 1 unspecified atom stereocenters. The molecule has 2 rings (SSSR count). The fourth-order valence-electron chi connectivity index (χ4n) is 1.88. The Morgan fingerprint density at radius 2 is 2.60 bits per heavy atom. The Morgan fingerprint density at radius 3 is 3.33 bits per heavy atom. The zero-order valence-electron chi connectivity index (χ0n) is 9.28.